The van der Waals surface area contributed by atoms with Crippen molar-refractivity contribution >= 4 is 17.5 Å². The maximum Gasteiger partial charge on any atom is 0.254 e. The fraction of sp³-hybridized carbons (Fsp3) is 0.562. The first-order valence-electron chi connectivity index (χ1n) is 7.07. The smallest absolute Gasteiger partial charge is 0.254 e. The SMILES string of the molecule is Cc1ccc(C)c(C(=O)N2CCCCCC2CCl)c1. The molecule has 1 unspecified atom stereocenters. The molecule has 3 heteroatoms. The lowest BCUT2D eigenvalue weighted by molar-refractivity contribution is 0.0699. The molecule has 19 heavy (non-hydrogen) atoms. The van der Waals surface area contributed by atoms with Crippen LogP contribution in [0.5, 0.6) is 0 Å². The van der Waals surface area contributed by atoms with Gasteiger partial charge in [0, 0.05) is 24.0 Å². The molecular formula is C16H22ClNO. The highest BCUT2D eigenvalue weighted by atomic mass is 35.5. The fourth-order valence-electron chi connectivity index (χ4n) is 2.73. The van der Waals surface area contributed by atoms with Gasteiger partial charge >= 0.3 is 0 Å². The molecule has 1 saturated heterocycles. The first-order chi connectivity index (χ1) is 9.13. The molecule has 0 saturated carbocycles. The van der Waals surface area contributed by atoms with Crippen molar-refractivity contribution in [3.8, 4) is 0 Å². The minimum Gasteiger partial charge on any atom is -0.334 e. The van der Waals surface area contributed by atoms with Gasteiger partial charge in [0.05, 0.1) is 0 Å². The van der Waals surface area contributed by atoms with Crippen molar-refractivity contribution in [1.82, 2.24) is 4.90 Å². The number of rotatable bonds is 2. The summed E-state index contributed by atoms with van der Waals surface area (Å²) in [6, 6.07) is 6.26. The van der Waals surface area contributed by atoms with Gasteiger partial charge < -0.3 is 4.90 Å². The van der Waals surface area contributed by atoms with Crippen LogP contribution in [-0.4, -0.2) is 29.3 Å². The van der Waals surface area contributed by atoms with Gasteiger partial charge in [0.25, 0.3) is 5.91 Å². The number of hydrogen-bond donors (Lipinski definition) is 0. The zero-order valence-corrected chi connectivity index (χ0v) is 12.5. The molecule has 1 aromatic carbocycles. The van der Waals surface area contributed by atoms with Crippen LogP contribution in [0.15, 0.2) is 18.2 Å². The van der Waals surface area contributed by atoms with E-state index in [0.29, 0.717) is 5.88 Å². The molecule has 2 nitrogen and oxygen atoms in total. The molecule has 2 rings (SSSR count). The highest BCUT2D eigenvalue weighted by molar-refractivity contribution is 6.18. The lowest BCUT2D eigenvalue weighted by Gasteiger charge is -2.29. The molecule has 0 radical (unpaired) electrons. The van der Waals surface area contributed by atoms with Crippen LogP contribution in [-0.2, 0) is 0 Å². The third-order valence-corrected chi connectivity index (χ3v) is 4.30. The van der Waals surface area contributed by atoms with Crippen molar-refractivity contribution in [2.24, 2.45) is 0 Å². The van der Waals surface area contributed by atoms with Crippen molar-refractivity contribution < 1.29 is 4.79 Å². The van der Waals surface area contributed by atoms with Crippen molar-refractivity contribution in [2.75, 3.05) is 12.4 Å². The van der Waals surface area contributed by atoms with Crippen LogP contribution in [0, 0.1) is 13.8 Å². The van der Waals surface area contributed by atoms with Crippen molar-refractivity contribution in [3.05, 3.63) is 34.9 Å². The Bertz CT molecular complexity index is 458. The Labute approximate surface area is 120 Å². The van der Waals surface area contributed by atoms with E-state index >= 15 is 0 Å². The number of likely N-dealkylation sites (tertiary alicyclic amines) is 1. The van der Waals surface area contributed by atoms with Gasteiger partial charge in [0.2, 0.25) is 0 Å². The molecule has 1 fully saturated rings. The van der Waals surface area contributed by atoms with E-state index in [2.05, 4.69) is 0 Å². The molecule has 0 N–H and O–H groups in total. The monoisotopic (exact) mass is 279 g/mol. The molecular weight excluding hydrogens is 258 g/mol. The van der Waals surface area contributed by atoms with Gasteiger partial charge in [-0.1, -0.05) is 30.5 Å². The first-order valence-corrected chi connectivity index (χ1v) is 7.61. The zero-order chi connectivity index (χ0) is 13.8. The second-order valence-electron chi connectivity index (χ2n) is 5.47. The molecule has 0 aromatic heterocycles. The molecule has 1 aliphatic rings. The Morgan fingerprint density at radius 3 is 2.84 bits per heavy atom. The summed E-state index contributed by atoms with van der Waals surface area (Å²) in [5, 5.41) is 0. The van der Waals surface area contributed by atoms with E-state index in [0.717, 1.165) is 36.1 Å². The molecule has 0 spiro atoms. The molecule has 1 aromatic rings. The Hall–Kier alpha value is -1.02. The largest absolute Gasteiger partial charge is 0.334 e. The zero-order valence-electron chi connectivity index (χ0n) is 11.8. The molecule has 0 aliphatic carbocycles. The minimum atomic E-state index is 0.147. The maximum atomic E-state index is 12.8. The highest BCUT2D eigenvalue weighted by Gasteiger charge is 2.26. The van der Waals surface area contributed by atoms with E-state index in [1.54, 1.807) is 0 Å². The normalized spacial score (nSPS) is 20.2. The third kappa shape index (κ3) is 3.30. The van der Waals surface area contributed by atoms with Gasteiger partial charge in [-0.05, 0) is 38.3 Å². The summed E-state index contributed by atoms with van der Waals surface area (Å²) in [5.74, 6) is 0.685. The predicted octanol–water partition coefficient (Wildman–Crippen LogP) is 3.93. The first kappa shape index (κ1) is 14.4. The summed E-state index contributed by atoms with van der Waals surface area (Å²) in [7, 11) is 0. The van der Waals surface area contributed by atoms with Crippen LogP contribution in [0.1, 0.15) is 47.2 Å². The molecule has 1 atom stereocenters. The summed E-state index contributed by atoms with van der Waals surface area (Å²) < 4.78 is 0. The van der Waals surface area contributed by atoms with Crippen LogP contribution in [0.4, 0.5) is 0 Å². The van der Waals surface area contributed by atoms with Crippen molar-refractivity contribution in [1.29, 1.82) is 0 Å². The van der Waals surface area contributed by atoms with Crippen LogP contribution in [0.25, 0.3) is 0 Å². The van der Waals surface area contributed by atoms with Gasteiger partial charge in [0.1, 0.15) is 0 Å². The number of alkyl halides is 1. The van der Waals surface area contributed by atoms with Gasteiger partial charge in [-0.25, -0.2) is 0 Å². The Morgan fingerprint density at radius 2 is 2.11 bits per heavy atom. The quantitative estimate of drug-likeness (QED) is 0.751. The number of halogens is 1. The minimum absolute atomic E-state index is 0.147. The Balaban J connectivity index is 2.27. The number of amides is 1. The number of carbonyl (C=O) groups is 1. The summed E-state index contributed by atoms with van der Waals surface area (Å²) in [4.78, 5) is 14.8. The standard InChI is InChI=1S/C16H22ClNO/c1-12-7-8-13(2)15(10-12)16(19)18-9-5-3-4-6-14(18)11-17/h7-8,10,14H,3-6,9,11H2,1-2H3. The van der Waals surface area contributed by atoms with Crippen molar-refractivity contribution in [2.45, 2.75) is 45.6 Å². The highest BCUT2D eigenvalue weighted by Crippen LogP contribution is 2.22. The maximum absolute atomic E-state index is 12.8. The number of benzene rings is 1. The van der Waals surface area contributed by atoms with Crippen LogP contribution < -0.4 is 0 Å². The number of aryl methyl sites for hydroxylation is 2. The van der Waals surface area contributed by atoms with Gasteiger partial charge in [-0.15, -0.1) is 11.6 Å². The van der Waals surface area contributed by atoms with E-state index in [4.69, 9.17) is 11.6 Å². The van der Waals surface area contributed by atoms with Gasteiger partial charge in [-0.3, -0.25) is 4.79 Å². The van der Waals surface area contributed by atoms with Crippen LogP contribution in [0.3, 0.4) is 0 Å². The van der Waals surface area contributed by atoms with E-state index in [1.165, 1.54) is 12.8 Å². The lowest BCUT2D eigenvalue weighted by atomic mass is 10.0. The molecule has 1 aliphatic heterocycles. The van der Waals surface area contributed by atoms with Gasteiger partial charge in [-0.2, -0.15) is 0 Å². The number of nitrogens with zero attached hydrogens (tertiary/aromatic N) is 1. The summed E-state index contributed by atoms with van der Waals surface area (Å²) in [6.07, 6.45) is 4.49. The number of carbonyl (C=O) groups excluding carboxylic acids is 1. The topological polar surface area (TPSA) is 20.3 Å². The van der Waals surface area contributed by atoms with E-state index in [9.17, 15) is 4.79 Å². The second-order valence-corrected chi connectivity index (χ2v) is 5.78. The summed E-state index contributed by atoms with van der Waals surface area (Å²) in [5.41, 5.74) is 3.01. The Kier molecular flexibility index (Phi) is 4.87. The number of hydrogen-bond acceptors (Lipinski definition) is 1. The summed E-state index contributed by atoms with van der Waals surface area (Å²) >= 11 is 6.06. The second kappa shape index (κ2) is 6.42. The Morgan fingerprint density at radius 1 is 1.32 bits per heavy atom. The predicted molar refractivity (Wildman–Crippen MR) is 79.9 cm³/mol. The molecule has 0 bridgehead atoms. The molecule has 1 amide bonds. The van der Waals surface area contributed by atoms with Crippen LogP contribution in [0.2, 0.25) is 0 Å². The third-order valence-electron chi connectivity index (χ3n) is 3.94. The average molecular weight is 280 g/mol. The lowest BCUT2D eigenvalue weighted by Crippen LogP contribution is -2.41. The summed E-state index contributed by atoms with van der Waals surface area (Å²) in [6.45, 7) is 4.86. The molecule has 104 valence electrons. The van der Waals surface area contributed by atoms with Crippen LogP contribution >= 0.6 is 11.6 Å². The van der Waals surface area contributed by atoms with Crippen molar-refractivity contribution in [3.63, 3.8) is 0 Å². The van der Waals surface area contributed by atoms with E-state index < -0.39 is 0 Å². The van der Waals surface area contributed by atoms with Gasteiger partial charge in [0.15, 0.2) is 0 Å². The fourth-order valence-corrected chi connectivity index (χ4v) is 3.05. The van der Waals surface area contributed by atoms with E-state index in [-0.39, 0.29) is 11.9 Å². The molecule has 1 heterocycles. The van der Waals surface area contributed by atoms with E-state index in [1.807, 2.05) is 36.9 Å². The average Bonchev–Trinajstić information content (AvgIpc) is 2.65.